The SMILES string of the molecule is Cc1cc(N2CCN(CC(F)(F)F)CC2)c(C(=O)O)cn1. The number of hydrogen-bond acceptors (Lipinski definition) is 4. The van der Waals surface area contributed by atoms with Gasteiger partial charge in [0.25, 0.3) is 0 Å². The van der Waals surface area contributed by atoms with Crippen LogP contribution in [0.3, 0.4) is 0 Å². The zero-order valence-electron chi connectivity index (χ0n) is 11.5. The summed E-state index contributed by atoms with van der Waals surface area (Å²) in [6, 6.07) is 1.66. The van der Waals surface area contributed by atoms with Crippen LogP contribution < -0.4 is 4.90 Å². The highest BCUT2D eigenvalue weighted by molar-refractivity contribution is 5.94. The molecule has 0 aliphatic carbocycles. The number of carbonyl (C=O) groups is 1. The lowest BCUT2D eigenvalue weighted by Crippen LogP contribution is -2.49. The Morgan fingerprint density at radius 1 is 1.33 bits per heavy atom. The van der Waals surface area contributed by atoms with Gasteiger partial charge in [-0.1, -0.05) is 0 Å². The van der Waals surface area contributed by atoms with Crippen molar-refractivity contribution >= 4 is 11.7 Å². The molecule has 2 heterocycles. The van der Waals surface area contributed by atoms with Crippen molar-refractivity contribution in [1.29, 1.82) is 0 Å². The Labute approximate surface area is 120 Å². The minimum atomic E-state index is -4.21. The second kappa shape index (κ2) is 5.88. The van der Waals surface area contributed by atoms with E-state index in [9.17, 15) is 18.0 Å². The van der Waals surface area contributed by atoms with Gasteiger partial charge in [-0.2, -0.15) is 13.2 Å². The number of piperazine rings is 1. The van der Waals surface area contributed by atoms with Crippen molar-refractivity contribution in [3.05, 3.63) is 23.5 Å². The molecule has 0 saturated carbocycles. The van der Waals surface area contributed by atoms with Gasteiger partial charge in [-0.25, -0.2) is 4.79 Å². The predicted octanol–water partition coefficient (Wildman–Crippen LogP) is 1.77. The van der Waals surface area contributed by atoms with Crippen LogP contribution in [-0.4, -0.2) is 59.9 Å². The van der Waals surface area contributed by atoms with Crippen LogP contribution in [0.2, 0.25) is 0 Å². The molecule has 0 amide bonds. The van der Waals surface area contributed by atoms with E-state index < -0.39 is 18.7 Å². The van der Waals surface area contributed by atoms with Crippen LogP contribution in [0.1, 0.15) is 16.1 Å². The summed E-state index contributed by atoms with van der Waals surface area (Å²) in [5.74, 6) is -1.09. The van der Waals surface area contributed by atoms with Gasteiger partial charge in [0, 0.05) is 38.1 Å². The van der Waals surface area contributed by atoms with Gasteiger partial charge in [0.15, 0.2) is 0 Å². The second-order valence-corrected chi connectivity index (χ2v) is 5.03. The normalized spacial score (nSPS) is 17.0. The molecule has 1 aliphatic rings. The van der Waals surface area contributed by atoms with E-state index in [2.05, 4.69) is 4.98 Å². The Morgan fingerprint density at radius 2 is 1.95 bits per heavy atom. The molecule has 8 heteroatoms. The van der Waals surface area contributed by atoms with Crippen molar-refractivity contribution in [3.8, 4) is 0 Å². The van der Waals surface area contributed by atoms with E-state index >= 15 is 0 Å². The van der Waals surface area contributed by atoms with Crippen LogP contribution in [0.15, 0.2) is 12.3 Å². The van der Waals surface area contributed by atoms with Gasteiger partial charge in [-0.15, -0.1) is 0 Å². The van der Waals surface area contributed by atoms with E-state index in [4.69, 9.17) is 5.11 Å². The van der Waals surface area contributed by atoms with Crippen molar-refractivity contribution in [2.45, 2.75) is 13.1 Å². The molecule has 21 heavy (non-hydrogen) atoms. The molecule has 1 aromatic rings. The minimum Gasteiger partial charge on any atom is -0.478 e. The number of halogens is 3. The number of nitrogens with zero attached hydrogens (tertiary/aromatic N) is 3. The summed E-state index contributed by atoms with van der Waals surface area (Å²) in [6.45, 7) is 2.04. The fraction of sp³-hybridized carbons (Fsp3) is 0.538. The Bertz CT molecular complexity index is 526. The molecular formula is C13H16F3N3O2. The first-order valence-corrected chi connectivity index (χ1v) is 6.50. The number of anilines is 1. The third-order valence-electron chi connectivity index (χ3n) is 3.37. The Balaban J connectivity index is 2.09. The highest BCUT2D eigenvalue weighted by Crippen LogP contribution is 2.24. The summed E-state index contributed by atoms with van der Waals surface area (Å²) < 4.78 is 37.0. The van der Waals surface area contributed by atoms with Crippen LogP contribution in [0, 0.1) is 6.92 Å². The van der Waals surface area contributed by atoms with E-state index in [0.717, 1.165) is 0 Å². The quantitative estimate of drug-likeness (QED) is 0.922. The molecule has 0 atom stereocenters. The summed E-state index contributed by atoms with van der Waals surface area (Å²) in [6.07, 6.45) is -2.92. The summed E-state index contributed by atoms with van der Waals surface area (Å²) in [4.78, 5) is 18.3. The van der Waals surface area contributed by atoms with E-state index in [-0.39, 0.29) is 18.7 Å². The Kier molecular flexibility index (Phi) is 4.36. The molecule has 0 spiro atoms. The highest BCUT2D eigenvalue weighted by Gasteiger charge is 2.32. The number of pyridine rings is 1. The number of hydrogen-bond donors (Lipinski definition) is 1. The molecule has 0 bridgehead atoms. The van der Waals surface area contributed by atoms with Crippen LogP contribution in [0.5, 0.6) is 0 Å². The number of aromatic nitrogens is 1. The lowest BCUT2D eigenvalue weighted by atomic mass is 10.1. The van der Waals surface area contributed by atoms with Crippen molar-refractivity contribution in [2.75, 3.05) is 37.6 Å². The fourth-order valence-corrected chi connectivity index (χ4v) is 2.37. The van der Waals surface area contributed by atoms with E-state index in [1.807, 2.05) is 0 Å². The largest absolute Gasteiger partial charge is 0.478 e. The third kappa shape index (κ3) is 4.07. The van der Waals surface area contributed by atoms with Crippen molar-refractivity contribution in [2.24, 2.45) is 0 Å². The molecular weight excluding hydrogens is 287 g/mol. The molecule has 1 aliphatic heterocycles. The highest BCUT2D eigenvalue weighted by atomic mass is 19.4. The van der Waals surface area contributed by atoms with Crippen LogP contribution in [0.4, 0.5) is 18.9 Å². The third-order valence-corrected chi connectivity index (χ3v) is 3.37. The standard InChI is InChI=1S/C13H16F3N3O2/c1-9-6-11(10(7-17-9)12(20)21)19-4-2-18(3-5-19)8-13(14,15)16/h6-7H,2-5,8H2,1H3,(H,20,21). The van der Waals surface area contributed by atoms with Gasteiger partial charge in [-0.3, -0.25) is 9.88 Å². The Hall–Kier alpha value is -1.83. The minimum absolute atomic E-state index is 0.0740. The number of aromatic carboxylic acids is 1. The summed E-state index contributed by atoms with van der Waals surface area (Å²) in [5.41, 5.74) is 1.26. The number of rotatable bonds is 3. The topological polar surface area (TPSA) is 56.7 Å². The maximum absolute atomic E-state index is 12.3. The second-order valence-electron chi connectivity index (χ2n) is 5.03. The van der Waals surface area contributed by atoms with Crippen molar-refractivity contribution < 1.29 is 23.1 Å². The van der Waals surface area contributed by atoms with Crippen molar-refractivity contribution in [3.63, 3.8) is 0 Å². The molecule has 1 aromatic heterocycles. The lowest BCUT2D eigenvalue weighted by molar-refractivity contribution is -0.146. The van der Waals surface area contributed by atoms with Gasteiger partial charge in [0.2, 0.25) is 0 Å². The van der Waals surface area contributed by atoms with Crippen LogP contribution >= 0.6 is 0 Å². The van der Waals surface area contributed by atoms with Crippen molar-refractivity contribution in [1.82, 2.24) is 9.88 Å². The maximum atomic E-state index is 12.3. The zero-order chi connectivity index (χ0) is 15.6. The molecule has 5 nitrogen and oxygen atoms in total. The summed E-state index contributed by atoms with van der Waals surface area (Å²) in [7, 11) is 0. The van der Waals surface area contributed by atoms with Gasteiger partial charge in [0.05, 0.1) is 12.2 Å². The van der Waals surface area contributed by atoms with Gasteiger partial charge < -0.3 is 10.0 Å². The van der Waals surface area contributed by atoms with Crippen LogP contribution in [0.25, 0.3) is 0 Å². The lowest BCUT2D eigenvalue weighted by Gasteiger charge is -2.36. The van der Waals surface area contributed by atoms with E-state index in [1.165, 1.54) is 11.1 Å². The molecule has 1 saturated heterocycles. The molecule has 0 aromatic carbocycles. The molecule has 1 fully saturated rings. The first kappa shape index (κ1) is 15.6. The van der Waals surface area contributed by atoms with Gasteiger partial charge in [0.1, 0.15) is 5.56 Å². The summed E-state index contributed by atoms with van der Waals surface area (Å²) >= 11 is 0. The number of carboxylic acids is 1. The van der Waals surface area contributed by atoms with E-state index in [1.54, 1.807) is 17.9 Å². The van der Waals surface area contributed by atoms with Gasteiger partial charge in [-0.05, 0) is 13.0 Å². The predicted molar refractivity (Wildman–Crippen MR) is 70.6 cm³/mol. The first-order chi connectivity index (χ1) is 9.76. The zero-order valence-corrected chi connectivity index (χ0v) is 11.5. The van der Waals surface area contributed by atoms with Gasteiger partial charge >= 0.3 is 12.1 Å². The fourth-order valence-electron chi connectivity index (χ4n) is 2.37. The monoisotopic (exact) mass is 303 g/mol. The smallest absolute Gasteiger partial charge is 0.401 e. The molecule has 2 rings (SSSR count). The molecule has 116 valence electrons. The van der Waals surface area contributed by atoms with E-state index in [0.29, 0.717) is 24.5 Å². The average Bonchev–Trinajstić information content (AvgIpc) is 2.37. The molecule has 0 radical (unpaired) electrons. The first-order valence-electron chi connectivity index (χ1n) is 6.50. The van der Waals surface area contributed by atoms with Crippen LogP contribution in [-0.2, 0) is 0 Å². The number of aryl methyl sites for hydroxylation is 1. The molecule has 0 unspecified atom stereocenters. The average molecular weight is 303 g/mol. The summed E-state index contributed by atoms with van der Waals surface area (Å²) in [5, 5.41) is 9.17. The number of carboxylic acid groups (broad SMARTS) is 1. The number of alkyl halides is 3. The Morgan fingerprint density at radius 3 is 2.48 bits per heavy atom. The maximum Gasteiger partial charge on any atom is 0.401 e. The molecule has 1 N–H and O–H groups in total.